The summed E-state index contributed by atoms with van der Waals surface area (Å²) in [6.07, 6.45) is 3.53. The number of aromatic nitrogens is 2. The molecule has 3 rings (SSSR count). The van der Waals surface area contributed by atoms with E-state index in [-0.39, 0.29) is 5.91 Å². The van der Waals surface area contributed by atoms with Gasteiger partial charge in [-0.05, 0) is 56.7 Å². The van der Waals surface area contributed by atoms with E-state index in [1.54, 1.807) is 11.3 Å². The number of benzene rings is 1. The van der Waals surface area contributed by atoms with Gasteiger partial charge in [0.1, 0.15) is 5.01 Å². The highest BCUT2D eigenvalue weighted by Crippen LogP contribution is 2.23. The van der Waals surface area contributed by atoms with E-state index < -0.39 is 0 Å². The van der Waals surface area contributed by atoms with Crippen LogP contribution in [0.2, 0.25) is 0 Å². The lowest BCUT2D eigenvalue weighted by Crippen LogP contribution is -2.42. The summed E-state index contributed by atoms with van der Waals surface area (Å²) < 4.78 is 0.874. The second-order valence-electron chi connectivity index (χ2n) is 7.64. The minimum absolute atomic E-state index is 0.176. The van der Waals surface area contributed by atoms with E-state index in [0.717, 1.165) is 35.4 Å². The van der Waals surface area contributed by atoms with Crippen molar-refractivity contribution >= 4 is 29.0 Å². The molecule has 1 unspecified atom stereocenters. The molecule has 0 radical (unpaired) electrons. The number of aryl methyl sites for hydroxylation is 2. The van der Waals surface area contributed by atoms with Crippen molar-refractivity contribution in [1.82, 2.24) is 20.0 Å². The van der Waals surface area contributed by atoms with Crippen LogP contribution in [0.5, 0.6) is 0 Å². The van der Waals surface area contributed by atoms with Crippen LogP contribution < -0.4 is 0 Å². The zero-order valence-corrected chi connectivity index (χ0v) is 18.7. The van der Waals surface area contributed by atoms with Gasteiger partial charge in [0.15, 0.2) is 4.34 Å². The van der Waals surface area contributed by atoms with Crippen molar-refractivity contribution in [3.05, 3.63) is 40.4 Å². The van der Waals surface area contributed by atoms with E-state index in [0.29, 0.717) is 11.7 Å². The molecule has 1 fully saturated rings. The zero-order valence-electron chi connectivity index (χ0n) is 17.1. The molecule has 0 spiro atoms. The monoisotopic (exact) mass is 418 g/mol. The van der Waals surface area contributed by atoms with Crippen molar-refractivity contribution in [3.8, 4) is 0 Å². The summed E-state index contributed by atoms with van der Waals surface area (Å²) in [6, 6.07) is 8.66. The van der Waals surface area contributed by atoms with Crippen molar-refractivity contribution in [2.75, 3.05) is 39.0 Å². The normalized spacial score (nSPS) is 17.6. The van der Waals surface area contributed by atoms with Crippen molar-refractivity contribution in [2.24, 2.45) is 5.92 Å². The average Bonchev–Trinajstić information content (AvgIpc) is 3.11. The van der Waals surface area contributed by atoms with E-state index in [4.69, 9.17) is 0 Å². The fourth-order valence-electron chi connectivity index (χ4n) is 3.73. The maximum Gasteiger partial charge on any atom is 0.232 e. The molecule has 1 aromatic heterocycles. The van der Waals surface area contributed by atoms with Gasteiger partial charge in [0.2, 0.25) is 5.91 Å². The highest BCUT2D eigenvalue weighted by Gasteiger charge is 2.23. The molecule has 2 heterocycles. The molecular weight excluding hydrogens is 388 g/mol. The third-order valence-corrected chi connectivity index (χ3v) is 7.30. The van der Waals surface area contributed by atoms with E-state index in [9.17, 15) is 4.79 Å². The predicted molar refractivity (Wildman–Crippen MR) is 117 cm³/mol. The third kappa shape index (κ3) is 6.29. The van der Waals surface area contributed by atoms with Crippen molar-refractivity contribution in [2.45, 2.75) is 37.4 Å². The summed E-state index contributed by atoms with van der Waals surface area (Å²) in [5.74, 6) is 1.18. The molecule has 1 aliphatic heterocycles. The molecule has 0 bridgehead atoms. The Morgan fingerprint density at radius 1 is 1.32 bits per heavy atom. The molecule has 28 heavy (non-hydrogen) atoms. The summed E-state index contributed by atoms with van der Waals surface area (Å²) in [6.45, 7) is 8.33. The lowest BCUT2D eigenvalue weighted by molar-refractivity contribution is -0.127. The Hall–Kier alpha value is -1.44. The minimum atomic E-state index is 0.176. The van der Waals surface area contributed by atoms with Gasteiger partial charge in [-0.15, -0.1) is 10.2 Å². The largest absolute Gasteiger partial charge is 0.345 e. The predicted octanol–water partition coefficient (Wildman–Crippen LogP) is 3.66. The van der Waals surface area contributed by atoms with E-state index in [1.807, 2.05) is 18.9 Å². The lowest BCUT2D eigenvalue weighted by atomic mass is 9.96. The molecule has 0 aliphatic carbocycles. The summed E-state index contributed by atoms with van der Waals surface area (Å²) in [7, 11) is 1.93. The molecular formula is C21H30N4OS2. The Morgan fingerprint density at radius 2 is 2.14 bits per heavy atom. The Morgan fingerprint density at radius 3 is 2.89 bits per heavy atom. The second-order valence-corrected chi connectivity index (χ2v) is 10.0. The van der Waals surface area contributed by atoms with E-state index in [2.05, 4.69) is 46.3 Å². The molecule has 5 nitrogen and oxygen atoms in total. The second kappa shape index (κ2) is 10.4. The SMILES string of the molecule is Cc1nnc(SCC(=O)N(C)CC2CCCN(CCc3ccccc3C)C2)s1. The first kappa shape index (κ1) is 21.3. The molecule has 7 heteroatoms. The smallest absolute Gasteiger partial charge is 0.232 e. The van der Waals surface area contributed by atoms with Crippen LogP contribution in [0.3, 0.4) is 0 Å². The first-order chi connectivity index (χ1) is 13.5. The van der Waals surface area contributed by atoms with Crippen LogP contribution in [0.1, 0.15) is 29.0 Å². The van der Waals surface area contributed by atoms with Crippen LogP contribution in [0, 0.1) is 19.8 Å². The Bertz CT molecular complexity index is 779. The number of piperidine rings is 1. The number of hydrogen-bond donors (Lipinski definition) is 0. The number of rotatable bonds is 8. The van der Waals surface area contributed by atoms with Gasteiger partial charge in [0.05, 0.1) is 5.75 Å². The summed E-state index contributed by atoms with van der Waals surface area (Å²) in [5, 5.41) is 9.02. The number of carbonyl (C=O) groups excluding carboxylic acids is 1. The highest BCUT2D eigenvalue weighted by atomic mass is 32.2. The first-order valence-electron chi connectivity index (χ1n) is 9.95. The van der Waals surface area contributed by atoms with Crippen LogP contribution in [0.4, 0.5) is 0 Å². The van der Waals surface area contributed by atoms with Gasteiger partial charge in [-0.25, -0.2) is 0 Å². The maximum atomic E-state index is 12.5. The van der Waals surface area contributed by atoms with Crippen LogP contribution in [0.15, 0.2) is 28.6 Å². The third-order valence-electron chi connectivity index (χ3n) is 5.35. The van der Waals surface area contributed by atoms with Crippen LogP contribution >= 0.6 is 23.1 Å². The molecule has 0 saturated carbocycles. The quantitative estimate of drug-likeness (QED) is 0.613. The number of carbonyl (C=O) groups is 1. The molecule has 1 amide bonds. The number of hydrogen-bond acceptors (Lipinski definition) is 6. The van der Waals surface area contributed by atoms with E-state index >= 15 is 0 Å². The summed E-state index contributed by atoms with van der Waals surface area (Å²) in [4.78, 5) is 16.9. The number of thioether (sulfide) groups is 1. The molecule has 1 aliphatic rings. The number of likely N-dealkylation sites (tertiary alicyclic amines) is 1. The molecule has 2 aromatic rings. The van der Waals surface area contributed by atoms with Gasteiger partial charge < -0.3 is 9.80 Å². The topological polar surface area (TPSA) is 49.3 Å². The number of nitrogens with zero attached hydrogens (tertiary/aromatic N) is 4. The highest BCUT2D eigenvalue weighted by molar-refractivity contribution is 8.01. The van der Waals surface area contributed by atoms with Gasteiger partial charge in [-0.2, -0.15) is 0 Å². The molecule has 0 N–H and O–H groups in total. The zero-order chi connectivity index (χ0) is 19.9. The van der Waals surface area contributed by atoms with Gasteiger partial charge in [0.25, 0.3) is 0 Å². The van der Waals surface area contributed by atoms with E-state index in [1.165, 1.54) is 42.3 Å². The standard InChI is InChI=1S/C21H30N4OS2/c1-16-7-4-5-9-19(16)10-12-25-11-6-8-18(14-25)13-24(3)20(26)15-27-21-23-22-17(2)28-21/h4-5,7,9,18H,6,8,10-15H2,1-3H3. The first-order valence-corrected chi connectivity index (χ1v) is 11.7. The van der Waals surface area contributed by atoms with Crippen molar-refractivity contribution in [3.63, 3.8) is 0 Å². The fraction of sp³-hybridized carbons (Fsp3) is 0.571. The van der Waals surface area contributed by atoms with Crippen molar-refractivity contribution in [1.29, 1.82) is 0 Å². The Kier molecular flexibility index (Phi) is 7.88. The average molecular weight is 419 g/mol. The molecule has 152 valence electrons. The Labute approximate surface area is 176 Å². The molecule has 1 saturated heterocycles. The molecule has 1 atom stereocenters. The lowest BCUT2D eigenvalue weighted by Gasteiger charge is -2.34. The van der Waals surface area contributed by atoms with Crippen molar-refractivity contribution < 1.29 is 4.79 Å². The summed E-state index contributed by atoms with van der Waals surface area (Å²) in [5.41, 5.74) is 2.82. The van der Waals surface area contributed by atoms with Crippen LogP contribution in [0.25, 0.3) is 0 Å². The van der Waals surface area contributed by atoms with Gasteiger partial charge in [-0.3, -0.25) is 4.79 Å². The minimum Gasteiger partial charge on any atom is -0.345 e. The van der Waals surface area contributed by atoms with Gasteiger partial charge in [-0.1, -0.05) is 47.4 Å². The van der Waals surface area contributed by atoms with Crippen LogP contribution in [-0.4, -0.2) is 64.9 Å². The number of amides is 1. The summed E-state index contributed by atoms with van der Waals surface area (Å²) >= 11 is 3.04. The molecule has 1 aromatic carbocycles. The Balaban J connectivity index is 1.42. The van der Waals surface area contributed by atoms with Gasteiger partial charge in [0, 0.05) is 26.7 Å². The fourth-order valence-corrected chi connectivity index (χ4v) is 5.49. The van der Waals surface area contributed by atoms with Gasteiger partial charge >= 0.3 is 0 Å². The maximum absolute atomic E-state index is 12.5. The van der Waals surface area contributed by atoms with Crippen LogP contribution in [-0.2, 0) is 11.2 Å².